The van der Waals surface area contributed by atoms with E-state index < -0.39 is 41.7 Å². The van der Waals surface area contributed by atoms with E-state index in [0.29, 0.717) is 16.3 Å². The van der Waals surface area contributed by atoms with E-state index in [1.54, 1.807) is 71.9 Å². The number of para-hydroxylation sites is 1. The van der Waals surface area contributed by atoms with E-state index in [1.165, 1.54) is 34.2 Å². The van der Waals surface area contributed by atoms with E-state index in [9.17, 15) is 24.4 Å². The van der Waals surface area contributed by atoms with Crippen molar-refractivity contribution in [2.45, 2.75) is 72.0 Å². The number of nitrogens with one attached hydrogen (secondary N) is 1. The lowest BCUT2D eigenvalue weighted by atomic mass is 10.1. The number of carbonyl (C=O) groups excluding carboxylic acids is 4. The van der Waals surface area contributed by atoms with Crippen molar-refractivity contribution in [2.24, 2.45) is 0 Å². The summed E-state index contributed by atoms with van der Waals surface area (Å²) in [6.45, 7) is 9.44. The Labute approximate surface area is 263 Å². The van der Waals surface area contributed by atoms with Gasteiger partial charge in [0.05, 0.1) is 22.9 Å². The fourth-order valence-corrected chi connectivity index (χ4v) is 4.89. The number of imide groups is 1. The van der Waals surface area contributed by atoms with Gasteiger partial charge in [0.2, 0.25) is 5.91 Å². The predicted molar refractivity (Wildman–Crippen MR) is 171 cm³/mol. The smallest absolute Gasteiger partial charge is 0.424 e. The fraction of sp³-hybridized carbons (Fsp3) is 0.343. The molecule has 4 rings (SSSR count). The van der Waals surface area contributed by atoms with E-state index in [0.717, 1.165) is 19.3 Å². The lowest BCUT2D eigenvalue weighted by Crippen LogP contribution is -2.45. The lowest BCUT2D eigenvalue weighted by Gasteiger charge is -2.30. The fourth-order valence-electron chi connectivity index (χ4n) is 4.89. The molecular formula is C35H38N4O6. The number of nitriles is 1. The second-order valence-electron chi connectivity index (χ2n) is 12.8. The van der Waals surface area contributed by atoms with Crippen LogP contribution >= 0.6 is 0 Å². The zero-order valence-electron chi connectivity index (χ0n) is 26.5. The molecule has 0 spiro atoms. The van der Waals surface area contributed by atoms with Crippen LogP contribution in [0.1, 0.15) is 75.0 Å². The molecule has 10 nitrogen and oxygen atoms in total. The van der Waals surface area contributed by atoms with Crippen LogP contribution in [-0.2, 0) is 27.1 Å². The molecule has 10 heteroatoms. The Morgan fingerprint density at radius 3 is 2.04 bits per heavy atom. The van der Waals surface area contributed by atoms with E-state index >= 15 is 0 Å². The van der Waals surface area contributed by atoms with E-state index in [4.69, 9.17) is 9.47 Å². The average Bonchev–Trinajstić information content (AvgIpc) is 3.42. The summed E-state index contributed by atoms with van der Waals surface area (Å²) in [5, 5.41) is 12.6. The number of anilines is 3. The first kappa shape index (κ1) is 32.7. The summed E-state index contributed by atoms with van der Waals surface area (Å²) in [4.78, 5) is 56.6. The SMILES string of the molecule is CC(C)(C)OC(=O)N(C(=O)OC(C)(C)C)c1ccc(C#N)cc1C(=O)N(CC(=O)Nc1ccc2c(c1)CCC2)c1ccccc1. The number of carbonyl (C=O) groups is 4. The monoisotopic (exact) mass is 610 g/mol. The van der Waals surface area contributed by atoms with Crippen molar-refractivity contribution in [3.05, 3.63) is 89.0 Å². The maximum atomic E-state index is 14.4. The normalized spacial score (nSPS) is 12.4. The van der Waals surface area contributed by atoms with Gasteiger partial charge < -0.3 is 14.8 Å². The number of fused-ring (bicyclic) bond motifs is 1. The highest BCUT2D eigenvalue weighted by atomic mass is 16.6. The van der Waals surface area contributed by atoms with E-state index in [2.05, 4.69) is 5.32 Å². The van der Waals surface area contributed by atoms with Crippen molar-refractivity contribution < 1.29 is 28.7 Å². The van der Waals surface area contributed by atoms with Crippen LogP contribution in [0.25, 0.3) is 0 Å². The van der Waals surface area contributed by atoms with Crippen LogP contribution in [0.2, 0.25) is 0 Å². The van der Waals surface area contributed by atoms with Gasteiger partial charge in [-0.05, 0) is 114 Å². The second kappa shape index (κ2) is 13.2. The van der Waals surface area contributed by atoms with Gasteiger partial charge in [-0.15, -0.1) is 0 Å². The third kappa shape index (κ3) is 8.48. The third-order valence-corrected chi connectivity index (χ3v) is 6.75. The van der Waals surface area contributed by atoms with Crippen LogP contribution in [0, 0.1) is 11.3 Å². The van der Waals surface area contributed by atoms with Gasteiger partial charge in [0.15, 0.2) is 0 Å². The molecule has 0 aromatic heterocycles. The third-order valence-electron chi connectivity index (χ3n) is 6.75. The van der Waals surface area contributed by atoms with Crippen LogP contribution in [0.3, 0.4) is 0 Å². The van der Waals surface area contributed by atoms with Crippen LogP contribution in [-0.4, -0.2) is 41.7 Å². The molecular weight excluding hydrogens is 572 g/mol. The van der Waals surface area contributed by atoms with Crippen LogP contribution in [0.15, 0.2) is 66.7 Å². The van der Waals surface area contributed by atoms with Gasteiger partial charge in [0.25, 0.3) is 5.91 Å². The molecule has 0 unspecified atom stereocenters. The number of benzene rings is 3. The summed E-state index contributed by atoms with van der Waals surface area (Å²) in [5.41, 5.74) is 1.24. The molecule has 0 atom stereocenters. The zero-order chi connectivity index (χ0) is 32.9. The van der Waals surface area contributed by atoms with Crippen LogP contribution in [0.5, 0.6) is 0 Å². The summed E-state index contributed by atoms with van der Waals surface area (Å²) in [6, 6.07) is 20.3. The number of amides is 4. The lowest BCUT2D eigenvalue weighted by molar-refractivity contribution is -0.114. The molecule has 234 valence electrons. The number of ether oxygens (including phenoxy) is 2. The maximum absolute atomic E-state index is 14.4. The molecule has 0 bridgehead atoms. The highest BCUT2D eigenvalue weighted by molar-refractivity contribution is 6.18. The molecule has 0 aliphatic heterocycles. The van der Waals surface area contributed by atoms with E-state index in [1.807, 2.05) is 24.3 Å². The van der Waals surface area contributed by atoms with Gasteiger partial charge in [0.1, 0.15) is 17.7 Å². The molecule has 0 saturated heterocycles. The molecule has 1 aliphatic carbocycles. The Balaban J connectivity index is 1.76. The molecule has 1 N–H and O–H groups in total. The summed E-state index contributed by atoms with van der Waals surface area (Å²) < 4.78 is 11.0. The highest BCUT2D eigenvalue weighted by Gasteiger charge is 2.36. The minimum Gasteiger partial charge on any atom is -0.443 e. The Morgan fingerprint density at radius 1 is 0.822 bits per heavy atom. The first-order valence-corrected chi connectivity index (χ1v) is 14.7. The van der Waals surface area contributed by atoms with Crippen molar-refractivity contribution in [1.82, 2.24) is 0 Å². The van der Waals surface area contributed by atoms with Crippen molar-refractivity contribution in [2.75, 3.05) is 21.7 Å². The Hall–Kier alpha value is -5.17. The van der Waals surface area contributed by atoms with Crippen molar-refractivity contribution in [1.29, 1.82) is 5.26 Å². The Morgan fingerprint density at radius 2 is 1.44 bits per heavy atom. The second-order valence-corrected chi connectivity index (χ2v) is 12.8. The molecule has 3 aromatic rings. The summed E-state index contributed by atoms with van der Waals surface area (Å²) in [5.74, 6) is -1.19. The number of nitrogens with zero attached hydrogens (tertiary/aromatic N) is 3. The van der Waals surface area contributed by atoms with Gasteiger partial charge in [-0.2, -0.15) is 10.2 Å². The van der Waals surface area contributed by atoms with Crippen molar-refractivity contribution in [3.63, 3.8) is 0 Å². The summed E-state index contributed by atoms with van der Waals surface area (Å²) >= 11 is 0. The average molecular weight is 611 g/mol. The minimum atomic E-state index is -1.07. The van der Waals surface area contributed by atoms with Crippen molar-refractivity contribution in [3.8, 4) is 6.07 Å². The topological polar surface area (TPSA) is 129 Å². The largest absolute Gasteiger partial charge is 0.443 e. The molecule has 0 heterocycles. The first-order valence-electron chi connectivity index (χ1n) is 14.7. The molecule has 3 aromatic carbocycles. The number of hydrogen-bond donors (Lipinski definition) is 1. The predicted octanol–water partition coefficient (Wildman–Crippen LogP) is 7.01. The number of hydrogen-bond acceptors (Lipinski definition) is 7. The van der Waals surface area contributed by atoms with Gasteiger partial charge in [0, 0.05) is 11.4 Å². The van der Waals surface area contributed by atoms with Crippen molar-refractivity contribution >= 4 is 41.1 Å². The van der Waals surface area contributed by atoms with Crippen LogP contribution < -0.4 is 15.1 Å². The standard InChI is InChI=1S/C35H38N4O6/c1-34(2,3)44-32(42)39(33(43)45-35(4,5)6)29-18-15-23(21-36)19-28(29)31(41)38(27-13-8-7-9-14-27)22-30(40)37-26-17-16-24-11-10-12-25(24)20-26/h7-9,13-20H,10-12,22H2,1-6H3,(H,37,40). The Kier molecular flexibility index (Phi) is 9.62. The Bertz CT molecular complexity index is 1620. The molecule has 0 radical (unpaired) electrons. The van der Waals surface area contributed by atoms with Gasteiger partial charge >= 0.3 is 12.2 Å². The first-order chi connectivity index (χ1) is 21.1. The van der Waals surface area contributed by atoms with Gasteiger partial charge in [-0.3, -0.25) is 14.5 Å². The molecule has 45 heavy (non-hydrogen) atoms. The zero-order valence-corrected chi connectivity index (χ0v) is 26.5. The quantitative estimate of drug-likeness (QED) is 0.318. The molecule has 1 aliphatic rings. The maximum Gasteiger partial charge on any atom is 0.424 e. The number of rotatable bonds is 6. The van der Waals surface area contributed by atoms with E-state index in [-0.39, 0.29) is 16.8 Å². The minimum absolute atomic E-state index is 0.103. The summed E-state index contributed by atoms with van der Waals surface area (Å²) in [6.07, 6.45) is 0.870. The summed E-state index contributed by atoms with van der Waals surface area (Å²) in [7, 11) is 0. The van der Waals surface area contributed by atoms with Crippen LogP contribution in [0.4, 0.5) is 26.7 Å². The molecule has 4 amide bonds. The van der Waals surface area contributed by atoms with Gasteiger partial charge in [-0.25, -0.2) is 9.59 Å². The molecule has 0 saturated carbocycles. The highest BCUT2D eigenvalue weighted by Crippen LogP contribution is 2.30. The molecule has 0 fully saturated rings. The van der Waals surface area contributed by atoms with Gasteiger partial charge in [-0.1, -0.05) is 24.3 Å². The number of aryl methyl sites for hydroxylation is 2.